The molecule has 0 aliphatic carbocycles. The third-order valence-electron chi connectivity index (χ3n) is 2.38. The molecule has 0 saturated heterocycles. The van der Waals surface area contributed by atoms with Gasteiger partial charge in [0.15, 0.2) is 0 Å². The van der Waals surface area contributed by atoms with Crippen LogP contribution in [0.1, 0.15) is 22.9 Å². The third-order valence-corrected chi connectivity index (χ3v) is 2.38. The lowest BCUT2D eigenvalue weighted by atomic mass is 10.0. The molecule has 0 amide bonds. The van der Waals surface area contributed by atoms with Crippen LogP contribution in [0.3, 0.4) is 0 Å². The summed E-state index contributed by atoms with van der Waals surface area (Å²) in [5, 5.41) is 4.10. The summed E-state index contributed by atoms with van der Waals surface area (Å²) >= 11 is 0. The van der Waals surface area contributed by atoms with Gasteiger partial charge in [-0.2, -0.15) is 5.10 Å². The maximum absolute atomic E-state index is 6.09. The second kappa shape index (κ2) is 3.82. The zero-order valence-electron chi connectivity index (χ0n) is 8.88. The van der Waals surface area contributed by atoms with E-state index in [2.05, 4.69) is 10.1 Å². The van der Waals surface area contributed by atoms with Gasteiger partial charge in [0, 0.05) is 30.7 Å². The Balaban J connectivity index is 2.28. The summed E-state index contributed by atoms with van der Waals surface area (Å²) in [6.45, 7) is 1.96. The zero-order chi connectivity index (χ0) is 10.8. The van der Waals surface area contributed by atoms with Crippen LogP contribution in [-0.4, -0.2) is 14.8 Å². The van der Waals surface area contributed by atoms with E-state index in [-0.39, 0.29) is 6.04 Å². The lowest BCUT2D eigenvalue weighted by Gasteiger charge is -2.09. The van der Waals surface area contributed by atoms with Gasteiger partial charge in [-0.05, 0) is 18.6 Å². The number of aryl methyl sites for hydroxylation is 2. The van der Waals surface area contributed by atoms with Gasteiger partial charge in [0.25, 0.3) is 0 Å². The Morgan fingerprint density at radius 2 is 2.07 bits per heavy atom. The number of nitrogens with two attached hydrogens (primary N) is 1. The monoisotopic (exact) mass is 202 g/mol. The van der Waals surface area contributed by atoms with Gasteiger partial charge in [0.1, 0.15) is 0 Å². The Kier molecular flexibility index (Phi) is 2.51. The van der Waals surface area contributed by atoms with Gasteiger partial charge in [-0.3, -0.25) is 9.67 Å². The first-order chi connectivity index (χ1) is 7.16. The lowest BCUT2D eigenvalue weighted by molar-refractivity contribution is 0.765. The van der Waals surface area contributed by atoms with Crippen LogP contribution in [0.4, 0.5) is 0 Å². The van der Waals surface area contributed by atoms with Crippen LogP contribution < -0.4 is 5.73 Å². The minimum absolute atomic E-state index is 0.146. The highest BCUT2D eigenvalue weighted by Crippen LogP contribution is 2.17. The van der Waals surface area contributed by atoms with Crippen LogP contribution in [0.25, 0.3) is 0 Å². The molecule has 1 unspecified atom stereocenters. The molecule has 2 N–H and O–H groups in total. The molecule has 2 aromatic heterocycles. The van der Waals surface area contributed by atoms with Gasteiger partial charge < -0.3 is 5.73 Å². The predicted octanol–water partition coefficient (Wildman–Crippen LogP) is 1.17. The summed E-state index contributed by atoms with van der Waals surface area (Å²) in [4.78, 5) is 4.23. The first kappa shape index (κ1) is 9.86. The van der Waals surface area contributed by atoms with Crippen molar-refractivity contribution in [3.63, 3.8) is 0 Å². The van der Waals surface area contributed by atoms with Gasteiger partial charge in [-0.1, -0.05) is 6.07 Å². The molecule has 0 fully saturated rings. The Bertz CT molecular complexity index is 444. The molecule has 0 saturated carbocycles. The topological polar surface area (TPSA) is 56.7 Å². The van der Waals surface area contributed by atoms with Crippen molar-refractivity contribution in [1.29, 1.82) is 0 Å². The van der Waals surface area contributed by atoms with E-state index in [1.807, 2.05) is 38.5 Å². The molecule has 78 valence electrons. The van der Waals surface area contributed by atoms with Crippen LogP contribution in [-0.2, 0) is 7.05 Å². The lowest BCUT2D eigenvalue weighted by Crippen LogP contribution is -2.11. The van der Waals surface area contributed by atoms with Gasteiger partial charge in [-0.25, -0.2) is 0 Å². The second-order valence-corrected chi connectivity index (χ2v) is 3.66. The molecule has 0 aromatic carbocycles. The molecule has 2 rings (SSSR count). The Labute approximate surface area is 88.8 Å². The minimum atomic E-state index is -0.146. The summed E-state index contributed by atoms with van der Waals surface area (Å²) < 4.78 is 1.75. The number of hydrogen-bond acceptors (Lipinski definition) is 3. The van der Waals surface area contributed by atoms with Crippen molar-refractivity contribution in [2.45, 2.75) is 13.0 Å². The van der Waals surface area contributed by atoms with Crippen molar-refractivity contribution in [3.8, 4) is 0 Å². The second-order valence-electron chi connectivity index (χ2n) is 3.66. The fraction of sp³-hybridized carbons (Fsp3) is 0.273. The first-order valence-corrected chi connectivity index (χ1v) is 4.83. The van der Waals surface area contributed by atoms with E-state index >= 15 is 0 Å². The Morgan fingerprint density at radius 3 is 2.60 bits per heavy atom. The summed E-state index contributed by atoms with van der Waals surface area (Å²) in [5.74, 6) is 0. The summed E-state index contributed by atoms with van der Waals surface area (Å²) in [6, 6.07) is 3.82. The van der Waals surface area contributed by atoms with Crippen molar-refractivity contribution < 1.29 is 0 Å². The number of hydrogen-bond donors (Lipinski definition) is 1. The standard InChI is InChI=1S/C11H14N4/c1-8-3-4-9(5-13-8)11(12)10-6-14-15(2)7-10/h3-7,11H,12H2,1-2H3. The molecule has 2 heterocycles. The average molecular weight is 202 g/mol. The van der Waals surface area contributed by atoms with E-state index in [1.165, 1.54) is 0 Å². The van der Waals surface area contributed by atoms with Crippen LogP contribution in [0, 0.1) is 6.92 Å². The smallest absolute Gasteiger partial charge is 0.0598 e. The van der Waals surface area contributed by atoms with Crippen molar-refractivity contribution in [3.05, 3.63) is 47.5 Å². The van der Waals surface area contributed by atoms with Crippen molar-refractivity contribution in [1.82, 2.24) is 14.8 Å². The normalized spacial score (nSPS) is 12.7. The fourth-order valence-electron chi connectivity index (χ4n) is 1.46. The molecule has 15 heavy (non-hydrogen) atoms. The number of pyridine rings is 1. The third kappa shape index (κ3) is 2.05. The molecule has 2 aromatic rings. The predicted molar refractivity (Wildman–Crippen MR) is 58.2 cm³/mol. The molecule has 0 aliphatic heterocycles. The molecule has 1 atom stereocenters. The molecule has 4 heteroatoms. The molecular formula is C11H14N4. The SMILES string of the molecule is Cc1ccc(C(N)c2cnn(C)c2)cn1. The Morgan fingerprint density at radius 1 is 1.27 bits per heavy atom. The summed E-state index contributed by atoms with van der Waals surface area (Å²) in [7, 11) is 1.88. The number of aromatic nitrogens is 3. The fourth-order valence-corrected chi connectivity index (χ4v) is 1.46. The van der Waals surface area contributed by atoms with Gasteiger partial charge in [-0.15, -0.1) is 0 Å². The van der Waals surface area contributed by atoms with E-state index in [0.717, 1.165) is 16.8 Å². The minimum Gasteiger partial charge on any atom is -0.320 e. The van der Waals surface area contributed by atoms with E-state index in [0.29, 0.717) is 0 Å². The largest absolute Gasteiger partial charge is 0.320 e. The number of rotatable bonds is 2. The van der Waals surface area contributed by atoms with Crippen molar-refractivity contribution in [2.75, 3.05) is 0 Å². The summed E-state index contributed by atoms with van der Waals surface area (Å²) in [6.07, 6.45) is 5.52. The zero-order valence-corrected chi connectivity index (χ0v) is 8.88. The molecule has 0 radical (unpaired) electrons. The first-order valence-electron chi connectivity index (χ1n) is 4.83. The van der Waals surface area contributed by atoms with E-state index in [4.69, 9.17) is 5.73 Å². The van der Waals surface area contributed by atoms with Gasteiger partial charge >= 0.3 is 0 Å². The number of nitrogens with zero attached hydrogens (tertiary/aromatic N) is 3. The molecule has 0 spiro atoms. The van der Waals surface area contributed by atoms with Crippen LogP contribution in [0.2, 0.25) is 0 Å². The van der Waals surface area contributed by atoms with Crippen LogP contribution >= 0.6 is 0 Å². The molecule has 0 bridgehead atoms. The van der Waals surface area contributed by atoms with Crippen molar-refractivity contribution in [2.24, 2.45) is 12.8 Å². The highest BCUT2D eigenvalue weighted by atomic mass is 15.2. The highest BCUT2D eigenvalue weighted by molar-refractivity contribution is 5.26. The summed E-state index contributed by atoms with van der Waals surface area (Å²) in [5.41, 5.74) is 9.09. The highest BCUT2D eigenvalue weighted by Gasteiger charge is 2.10. The maximum atomic E-state index is 6.09. The quantitative estimate of drug-likeness (QED) is 0.795. The Hall–Kier alpha value is -1.68. The maximum Gasteiger partial charge on any atom is 0.0598 e. The van der Waals surface area contributed by atoms with Crippen LogP contribution in [0.15, 0.2) is 30.7 Å². The molecule has 0 aliphatic rings. The van der Waals surface area contributed by atoms with Gasteiger partial charge in [0.2, 0.25) is 0 Å². The van der Waals surface area contributed by atoms with Crippen molar-refractivity contribution >= 4 is 0 Å². The van der Waals surface area contributed by atoms with E-state index < -0.39 is 0 Å². The van der Waals surface area contributed by atoms with E-state index in [9.17, 15) is 0 Å². The molecule has 4 nitrogen and oxygen atoms in total. The average Bonchev–Trinajstić information content (AvgIpc) is 2.65. The van der Waals surface area contributed by atoms with Gasteiger partial charge in [0.05, 0.1) is 12.2 Å². The molecular weight excluding hydrogens is 188 g/mol. The van der Waals surface area contributed by atoms with E-state index in [1.54, 1.807) is 10.9 Å². The van der Waals surface area contributed by atoms with Crippen LogP contribution in [0.5, 0.6) is 0 Å².